The second-order valence-electron chi connectivity index (χ2n) is 7.57. The lowest BCUT2D eigenvalue weighted by Gasteiger charge is -2.19. The van der Waals surface area contributed by atoms with E-state index in [1.54, 1.807) is 35.4 Å². The molecule has 0 saturated heterocycles. The van der Waals surface area contributed by atoms with Gasteiger partial charge in [-0.1, -0.05) is 34.0 Å². The van der Waals surface area contributed by atoms with Gasteiger partial charge in [-0.3, -0.25) is 14.7 Å². The van der Waals surface area contributed by atoms with Crippen molar-refractivity contribution in [1.29, 1.82) is 0 Å². The van der Waals surface area contributed by atoms with Gasteiger partial charge in [-0.2, -0.15) is 4.55 Å². The third kappa shape index (κ3) is 3.53. The molecule has 1 aromatic heterocycles. The molecule has 154 valence electrons. The predicted molar refractivity (Wildman–Crippen MR) is 124 cm³/mol. The highest BCUT2D eigenvalue weighted by atomic mass is 35.5. The Morgan fingerprint density at radius 3 is 2.35 bits per heavy atom. The van der Waals surface area contributed by atoms with E-state index >= 15 is 0 Å². The summed E-state index contributed by atoms with van der Waals surface area (Å²) in [6, 6.07) is 20.2. The molecule has 1 amide bonds. The zero-order valence-electron chi connectivity index (χ0n) is 16.6. The van der Waals surface area contributed by atoms with E-state index in [-0.39, 0.29) is 12.3 Å². The zero-order valence-corrected chi connectivity index (χ0v) is 18.2. The van der Waals surface area contributed by atoms with Gasteiger partial charge in [0.15, 0.2) is 4.90 Å². The highest BCUT2D eigenvalue weighted by Crippen LogP contribution is 2.41. The number of fused-ring (bicyclic) bond motifs is 3. The number of rotatable bonds is 3. The lowest BCUT2D eigenvalue weighted by molar-refractivity contribution is -0.116. The van der Waals surface area contributed by atoms with Crippen LogP contribution in [0.3, 0.4) is 0 Å². The van der Waals surface area contributed by atoms with Gasteiger partial charge < -0.3 is 0 Å². The summed E-state index contributed by atoms with van der Waals surface area (Å²) in [7, 11) is -3.06. The molecule has 3 aromatic carbocycles. The first-order valence-corrected chi connectivity index (χ1v) is 11.9. The molecule has 5 nitrogen and oxygen atoms in total. The van der Waals surface area contributed by atoms with Crippen molar-refractivity contribution in [3.05, 3.63) is 83.5 Å². The molecule has 7 heteroatoms. The van der Waals surface area contributed by atoms with Crippen molar-refractivity contribution in [2.75, 3.05) is 11.2 Å². The van der Waals surface area contributed by atoms with Crippen LogP contribution < -0.4 is 4.90 Å². The summed E-state index contributed by atoms with van der Waals surface area (Å²) >= 11 is 6.03. The SMILES string of the molecule is C[S+](=O)(O)c1ccc(N2C(=O)Cc3cnc4ccc(-c5ccc(Cl)cc5)cc4c32)cc1. The van der Waals surface area contributed by atoms with Crippen LogP contribution in [0.25, 0.3) is 22.0 Å². The maximum absolute atomic E-state index is 12.9. The Balaban J connectivity index is 1.66. The van der Waals surface area contributed by atoms with Crippen LogP contribution in [0.5, 0.6) is 0 Å². The van der Waals surface area contributed by atoms with Gasteiger partial charge >= 0.3 is 0 Å². The molecule has 0 aliphatic carbocycles. The molecule has 5 rings (SSSR count). The normalized spacial score (nSPS) is 15.2. The largest absolute Gasteiger partial charge is 0.280 e. The molecule has 1 aliphatic heterocycles. The first-order chi connectivity index (χ1) is 14.8. The first kappa shape index (κ1) is 19.9. The van der Waals surface area contributed by atoms with E-state index in [0.29, 0.717) is 15.6 Å². The molecule has 1 aliphatic rings. The van der Waals surface area contributed by atoms with E-state index in [1.165, 1.54) is 6.26 Å². The molecule has 0 spiro atoms. The van der Waals surface area contributed by atoms with Crippen LogP contribution in [-0.2, 0) is 25.6 Å². The Morgan fingerprint density at radius 1 is 1.00 bits per heavy atom. The number of hydrogen-bond acceptors (Lipinski definition) is 3. The van der Waals surface area contributed by atoms with E-state index in [0.717, 1.165) is 33.3 Å². The number of halogens is 1. The fourth-order valence-electron chi connectivity index (χ4n) is 3.92. The molecule has 2 heterocycles. The second kappa shape index (κ2) is 7.27. The number of amides is 1. The standard InChI is InChI=1S/C24H17ClN2O3S/c1-31(29,30)20-9-7-19(8-10-20)27-23(28)13-17-14-26-22-11-4-16(12-21(22)24(17)27)15-2-5-18(25)6-3-15/h2-12,14H,13H2,1H3/p+1. The monoisotopic (exact) mass is 449 g/mol. The molecule has 0 bridgehead atoms. The van der Waals surface area contributed by atoms with E-state index in [4.69, 9.17) is 11.6 Å². The number of carbonyl (C=O) groups excluding carboxylic acids is 1. The predicted octanol–water partition coefficient (Wildman–Crippen LogP) is 5.74. The maximum atomic E-state index is 12.9. The summed E-state index contributed by atoms with van der Waals surface area (Å²) in [5.74, 6) is -0.0600. The van der Waals surface area contributed by atoms with E-state index in [2.05, 4.69) is 4.98 Å². The van der Waals surface area contributed by atoms with Gasteiger partial charge in [0.1, 0.15) is 6.26 Å². The number of pyridine rings is 1. The smallest absolute Gasteiger partial charge is 0.244 e. The highest BCUT2D eigenvalue weighted by molar-refractivity contribution is 7.97. The van der Waals surface area contributed by atoms with Gasteiger partial charge in [-0.05, 0) is 59.7 Å². The fourth-order valence-corrected chi connectivity index (χ4v) is 4.69. The lowest BCUT2D eigenvalue weighted by atomic mass is 10.0. The summed E-state index contributed by atoms with van der Waals surface area (Å²) in [4.78, 5) is 19.5. The van der Waals surface area contributed by atoms with Crippen molar-refractivity contribution in [2.45, 2.75) is 11.3 Å². The quantitative estimate of drug-likeness (QED) is 0.405. The van der Waals surface area contributed by atoms with Crippen molar-refractivity contribution in [3.63, 3.8) is 0 Å². The van der Waals surface area contributed by atoms with Gasteiger partial charge in [0.25, 0.3) is 0 Å². The van der Waals surface area contributed by atoms with Crippen molar-refractivity contribution in [3.8, 4) is 11.1 Å². The maximum Gasteiger partial charge on any atom is 0.244 e. The molecule has 1 atom stereocenters. The summed E-state index contributed by atoms with van der Waals surface area (Å²) in [6.45, 7) is 0. The summed E-state index contributed by atoms with van der Waals surface area (Å²) in [5.41, 5.74) is 5.13. The summed E-state index contributed by atoms with van der Waals surface area (Å²) in [5, 5.41) is 1.55. The average Bonchev–Trinajstić information content (AvgIpc) is 3.09. The van der Waals surface area contributed by atoms with Crippen molar-refractivity contribution < 1.29 is 13.6 Å². The second-order valence-corrected chi connectivity index (χ2v) is 10.1. The average molecular weight is 450 g/mol. The number of aromatic nitrogens is 1. The first-order valence-electron chi connectivity index (χ1n) is 9.63. The minimum Gasteiger partial charge on any atom is -0.280 e. The number of benzene rings is 3. The van der Waals surface area contributed by atoms with E-state index in [9.17, 15) is 13.6 Å². The van der Waals surface area contributed by atoms with Crippen LogP contribution in [-0.4, -0.2) is 21.7 Å². The van der Waals surface area contributed by atoms with Gasteiger partial charge in [-0.25, -0.2) is 0 Å². The van der Waals surface area contributed by atoms with Crippen molar-refractivity contribution >= 4 is 50.0 Å². The van der Waals surface area contributed by atoms with Gasteiger partial charge in [0.05, 0.1) is 17.6 Å². The molecule has 0 saturated carbocycles. The Morgan fingerprint density at radius 2 is 1.68 bits per heavy atom. The van der Waals surface area contributed by atoms with Crippen LogP contribution in [0.15, 0.2) is 77.8 Å². The molecule has 0 radical (unpaired) electrons. The molecule has 1 N–H and O–H groups in total. The topological polar surface area (TPSA) is 70.5 Å². The molecule has 4 aromatic rings. The Kier molecular flexibility index (Phi) is 4.66. The van der Waals surface area contributed by atoms with Crippen LogP contribution in [0.1, 0.15) is 5.56 Å². The number of nitrogens with zero attached hydrogens (tertiary/aromatic N) is 2. The third-order valence-electron chi connectivity index (χ3n) is 5.44. The Hall–Kier alpha value is -3.06. The molecule has 31 heavy (non-hydrogen) atoms. The summed E-state index contributed by atoms with van der Waals surface area (Å²) < 4.78 is 21.7. The van der Waals surface area contributed by atoms with Crippen LogP contribution in [0, 0.1) is 0 Å². The Bertz CT molecular complexity index is 1380. The van der Waals surface area contributed by atoms with Crippen molar-refractivity contribution in [1.82, 2.24) is 4.98 Å². The zero-order chi connectivity index (χ0) is 21.8. The van der Waals surface area contributed by atoms with Crippen LogP contribution >= 0.6 is 11.6 Å². The number of hydrogen-bond donors (Lipinski definition) is 1. The Labute approximate surface area is 185 Å². The van der Waals surface area contributed by atoms with E-state index < -0.39 is 10.2 Å². The molecule has 0 fully saturated rings. The third-order valence-corrected chi connectivity index (χ3v) is 6.84. The number of carbonyl (C=O) groups is 1. The molecular formula is C24H18ClN2O3S+. The van der Waals surface area contributed by atoms with Crippen molar-refractivity contribution in [2.24, 2.45) is 0 Å². The molecular weight excluding hydrogens is 432 g/mol. The van der Waals surface area contributed by atoms with Gasteiger partial charge in [-0.15, -0.1) is 0 Å². The van der Waals surface area contributed by atoms with Gasteiger partial charge in [0, 0.05) is 27.9 Å². The van der Waals surface area contributed by atoms with Gasteiger partial charge in [0.2, 0.25) is 16.1 Å². The lowest BCUT2D eigenvalue weighted by Crippen LogP contribution is -2.21. The molecule has 1 unspecified atom stereocenters. The fraction of sp³-hybridized carbons (Fsp3) is 0.0833. The van der Waals surface area contributed by atoms with E-state index in [1.807, 2.05) is 42.5 Å². The minimum atomic E-state index is -3.06. The highest BCUT2D eigenvalue weighted by Gasteiger charge is 2.32. The van der Waals surface area contributed by atoms with Crippen LogP contribution in [0.4, 0.5) is 11.4 Å². The minimum absolute atomic E-state index is 0.0600. The number of anilines is 2. The van der Waals surface area contributed by atoms with Crippen LogP contribution in [0.2, 0.25) is 5.02 Å². The summed E-state index contributed by atoms with van der Waals surface area (Å²) in [6.07, 6.45) is 3.28.